The number of aromatic nitrogens is 2. The van der Waals surface area contributed by atoms with E-state index in [9.17, 15) is 0 Å². The van der Waals surface area contributed by atoms with E-state index in [0.29, 0.717) is 0 Å². The molecule has 0 aliphatic carbocycles. The SMILES string of the molecule is CCc1cc(C)ccc1-c1nc(C)[nH]c1C. The van der Waals surface area contributed by atoms with Gasteiger partial charge in [0.15, 0.2) is 0 Å². The van der Waals surface area contributed by atoms with Crippen molar-refractivity contribution in [2.24, 2.45) is 0 Å². The first-order chi connectivity index (χ1) is 7.61. The molecule has 1 aromatic carbocycles. The minimum absolute atomic E-state index is 0.982. The van der Waals surface area contributed by atoms with Gasteiger partial charge in [-0.3, -0.25) is 0 Å². The second-order valence-electron chi connectivity index (χ2n) is 4.31. The van der Waals surface area contributed by atoms with Crippen LogP contribution in [0.5, 0.6) is 0 Å². The number of benzene rings is 1. The fraction of sp³-hybridized carbons (Fsp3) is 0.357. The number of hydrogen-bond acceptors (Lipinski definition) is 1. The van der Waals surface area contributed by atoms with Crippen LogP contribution >= 0.6 is 0 Å². The van der Waals surface area contributed by atoms with Crippen LogP contribution in [-0.2, 0) is 6.42 Å². The van der Waals surface area contributed by atoms with Gasteiger partial charge in [-0.2, -0.15) is 0 Å². The molecule has 84 valence electrons. The van der Waals surface area contributed by atoms with E-state index in [1.54, 1.807) is 0 Å². The van der Waals surface area contributed by atoms with Gasteiger partial charge in [0.05, 0.1) is 5.69 Å². The molecule has 2 rings (SSSR count). The highest BCUT2D eigenvalue weighted by Crippen LogP contribution is 2.26. The maximum absolute atomic E-state index is 4.56. The molecule has 0 atom stereocenters. The molecule has 0 saturated carbocycles. The Labute approximate surface area is 96.7 Å². The summed E-state index contributed by atoms with van der Waals surface area (Å²) in [4.78, 5) is 7.82. The van der Waals surface area contributed by atoms with E-state index < -0.39 is 0 Å². The lowest BCUT2D eigenvalue weighted by Gasteiger charge is -2.07. The molecule has 2 aromatic rings. The van der Waals surface area contributed by atoms with Crippen LogP contribution in [0.3, 0.4) is 0 Å². The molecule has 0 aliphatic rings. The van der Waals surface area contributed by atoms with E-state index in [-0.39, 0.29) is 0 Å². The molecule has 0 amide bonds. The lowest BCUT2D eigenvalue weighted by molar-refractivity contribution is 1.12. The number of aromatic amines is 1. The van der Waals surface area contributed by atoms with Crippen LogP contribution in [-0.4, -0.2) is 9.97 Å². The summed E-state index contributed by atoms with van der Waals surface area (Å²) < 4.78 is 0. The predicted molar refractivity (Wildman–Crippen MR) is 67.6 cm³/mol. The van der Waals surface area contributed by atoms with Crippen LogP contribution in [0.1, 0.15) is 29.6 Å². The second-order valence-corrected chi connectivity index (χ2v) is 4.31. The van der Waals surface area contributed by atoms with Crippen molar-refractivity contribution in [3.05, 3.63) is 40.8 Å². The summed E-state index contributed by atoms with van der Waals surface area (Å²) in [5.41, 5.74) is 6.18. The second kappa shape index (κ2) is 4.12. The Morgan fingerprint density at radius 1 is 1.19 bits per heavy atom. The zero-order valence-corrected chi connectivity index (χ0v) is 10.4. The molecule has 1 heterocycles. The van der Waals surface area contributed by atoms with Crippen LogP contribution < -0.4 is 0 Å². The van der Waals surface area contributed by atoms with E-state index in [1.807, 2.05) is 6.92 Å². The van der Waals surface area contributed by atoms with Gasteiger partial charge in [0.1, 0.15) is 5.82 Å². The molecule has 1 N–H and O–H groups in total. The van der Waals surface area contributed by atoms with Crippen LogP contribution in [0.15, 0.2) is 18.2 Å². The summed E-state index contributed by atoms with van der Waals surface area (Å²) >= 11 is 0. The average Bonchev–Trinajstić information content (AvgIpc) is 2.57. The molecule has 0 saturated heterocycles. The third-order valence-electron chi connectivity index (χ3n) is 2.90. The first-order valence-corrected chi connectivity index (χ1v) is 5.75. The van der Waals surface area contributed by atoms with Gasteiger partial charge in [0.25, 0.3) is 0 Å². The minimum atomic E-state index is 0.982. The highest BCUT2D eigenvalue weighted by molar-refractivity contribution is 5.66. The first-order valence-electron chi connectivity index (χ1n) is 5.75. The van der Waals surface area contributed by atoms with Crippen molar-refractivity contribution in [2.75, 3.05) is 0 Å². The molecule has 0 aliphatic heterocycles. The van der Waals surface area contributed by atoms with E-state index in [2.05, 4.69) is 48.9 Å². The minimum Gasteiger partial charge on any atom is -0.346 e. The largest absolute Gasteiger partial charge is 0.346 e. The van der Waals surface area contributed by atoms with Crippen LogP contribution in [0.2, 0.25) is 0 Å². The Bertz CT molecular complexity index is 509. The predicted octanol–water partition coefficient (Wildman–Crippen LogP) is 3.56. The Morgan fingerprint density at radius 3 is 2.50 bits per heavy atom. The molecule has 2 nitrogen and oxygen atoms in total. The Morgan fingerprint density at radius 2 is 1.94 bits per heavy atom. The van der Waals surface area contributed by atoms with Gasteiger partial charge in [-0.05, 0) is 32.8 Å². The maximum atomic E-state index is 4.56. The van der Waals surface area contributed by atoms with Crippen molar-refractivity contribution in [3.63, 3.8) is 0 Å². The Hall–Kier alpha value is -1.57. The van der Waals surface area contributed by atoms with Crippen molar-refractivity contribution in [1.82, 2.24) is 9.97 Å². The fourth-order valence-corrected chi connectivity index (χ4v) is 2.12. The van der Waals surface area contributed by atoms with Gasteiger partial charge < -0.3 is 4.98 Å². The van der Waals surface area contributed by atoms with Crippen molar-refractivity contribution in [3.8, 4) is 11.3 Å². The standard InChI is InChI=1S/C14H18N2/c1-5-12-8-9(2)6-7-13(12)14-10(3)15-11(4)16-14/h6-8H,5H2,1-4H3,(H,15,16). The average molecular weight is 214 g/mol. The Balaban J connectivity index is 2.59. The van der Waals surface area contributed by atoms with Crippen molar-refractivity contribution < 1.29 is 0 Å². The molecule has 16 heavy (non-hydrogen) atoms. The number of hydrogen-bond donors (Lipinski definition) is 1. The van der Waals surface area contributed by atoms with Crippen molar-refractivity contribution in [2.45, 2.75) is 34.1 Å². The molecule has 0 bridgehead atoms. The van der Waals surface area contributed by atoms with Crippen molar-refractivity contribution in [1.29, 1.82) is 0 Å². The lowest BCUT2D eigenvalue weighted by Crippen LogP contribution is -1.91. The van der Waals surface area contributed by atoms with Crippen LogP contribution in [0, 0.1) is 20.8 Å². The van der Waals surface area contributed by atoms with Gasteiger partial charge in [0, 0.05) is 11.3 Å². The first kappa shape index (κ1) is 10.9. The molecule has 0 radical (unpaired) electrons. The smallest absolute Gasteiger partial charge is 0.103 e. The zero-order chi connectivity index (χ0) is 11.7. The summed E-state index contributed by atoms with van der Waals surface area (Å²) in [6.45, 7) is 8.39. The summed E-state index contributed by atoms with van der Waals surface area (Å²) in [6.07, 6.45) is 1.04. The summed E-state index contributed by atoms with van der Waals surface area (Å²) in [7, 11) is 0. The van der Waals surface area contributed by atoms with Gasteiger partial charge in [-0.1, -0.05) is 30.7 Å². The highest BCUT2D eigenvalue weighted by atomic mass is 14.9. The summed E-state index contributed by atoms with van der Waals surface area (Å²) in [5.74, 6) is 0.982. The van der Waals surface area contributed by atoms with Crippen LogP contribution in [0.4, 0.5) is 0 Å². The normalized spacial score (nSPS) is 10.8. The third kappa shape index (κ3) is 1.87. The van der Waals surface area contributed by atoms with E-state index >= 15 is 0 Å². The fourth-order valence-electron chi connectivity index (χ4n) is 2.12. The number of H-pyrrole nitrogens is 1. The van der Waals surface area contributed by atoms with E-state index in [1.165, 1.54) is 16.7 Å². The number of nitrogens with zero attached hydrogens (tertiary/aromatic N) is 1. The van der Waals surface area contributed by atoms with Gasteiger partial charge >= 0.3 is 0 Å². The quantitative estimate of drug-likeness (QED) is 0.813. The van der Waals surface area contributed by atoms with Gasteiger partial charge in [0.2, 0.25) is 0 Å². The van der Waals surface area contributed by atoms with E-state index in [0.717, 1.165) is 23.6 Å². The molecule has 0 unspecified atom stereocenters. The topological polar surface area (TPSA) is 28.7 Å². The third-order valence-corrected chi connectivity index (χ3v) is 2.90. The number of aryl methyl sites for hydroxylation is 4. The maximum Gasteiger partial charge on any atom is 0.103 e. The highest BCUT2D eigenvalue weighted by Gasteiger charge is 2.10. The Kier molecular flexibility index (Phi) is 2.82. The summed E-state index contributed by atoms with van der Waals surface area (Å²) in [5, 5.41) is 0. The monoisotopic (exact) mass is 214 g/mol. The van der Waals surface area contributed by atoms with E-state index in [4.69, 9.17) is 0 Å². The van der Waals surface area contributed by atoms with Crippen LogP contribution in [0.25, 0.3) is 11.3 Å². The summed E-state index contributed by atoms with van der Waals surface area (Å²) in [6, 6.07) is 6.58. The van der Waals surface area contributed by atoms with Crippen molar-refractivity contribution >= 4 is 0 Å². The molecule has 1 aromatic heterocycles. The number of imidazole rings is 1. The molecule has 0 spiro atoms. The molecular weight excluding hydrogens is 196 g/mol. The van der Waals surface area contributed by atoms with Gasteiger partial charge in [-0.15, -0.1) is 0 Å². The molecule has 2 heteroatoms. The number of rotatable bonds is 2. The molecular formula is C14H18N2. The lowest BCUT2D eigenvalue weighted by atomic mass is 9.99. The zero-order valence-electron chi connectivity index (χ0n) is 10.4. The number of nitrogens with one attached hydrogen (secondary N) is 1. The van der Waals surface area contributed by atoms with Gasteiger partial charge in [-0.25, -0.2) is 4.98 Å². The molecule has 0 fully saturated rings.